The van der Waals surface area contributed by atoms with Gasteiger partial charge in [0.2, 0.25) is 0 Å². The summed E-state index contributed by atoms with van der Waals surface area (Å²) in [7, 11) is 0. The van der Waals surface area contributed by atoms with E-state index in [-0.39, 0.29) is 6.10 Å². The van der Waals surface area contributed by atoms with Gasteiger partial charge in [0, 0.05) is 6.61 Å². The number of aliphatic hydroxyl groups excluding tert-OH is 1. The molecule has 0 aliphatic carbocycles. The maximum Gasteiger partial charge on any atom is 0.143 e. The first-order valence-corrected chi connectivity index (χ1v) is 11.8. The molecule has 0 unspecified atom stereocenters. The fourth-order valence-electron chi connectivity index (χ4n) is 4.17. The van der Waals surface area contributed by atoms with E-state index in [0.717, 1.165) is 42.4 Å². The van der Waals surface area contributed by atoms with Gasteiger partial charge < -0.3 is 9.84 Å². The van der Waals surface area contributed by atoms with Crippen molar-refractivity contribution in [2.75, 3.05) is 6.61 Å². The van der Waals surface area contributed by atoms with Crippen molar-refractivity contribution >= 4 is 0 Å². The van der Waals surface area contributed by atoms with Crippen LogP contribution in [0.2, 0.25) is 0 Å². The number of hydrogen-bond acceptors (Lipinski definition) is 2. The Hall–Kier alpha value is -2.68. The molecule has 0 radical (unpaired) electrons. The number of rotatable bonds is 12. The minimum Gasteiger partial charge on any atom is -0.389 e. The van der Waals surface area contributed by atoms with Gasteiger partial charge in [-0.1, -0.05) is 117 Å². The highest BCUT2D eigenvalue weighted by molar-refractivity contribution is 5.47. The predicted octanol–water partition coefficient (Wildman–Crippen LogP) is 7.13. The van der Waals surface area contributed by atoms with Crippen LogP contribution in [0.15, 0.2) is 103 Å². The lowest BCUT2D eigenvalue weighted by molar-refractivity contribution is 0.0109. The lowest BCUT2D eigenvalue weighted by Gasteiger charge is -2.36. The summed E-state index contributed by atoms with van der Waals surface area (Å²) in [6, 6.07) is 31.5. The molecule has 3 rings (SSSR count). The third kappa shape index (κ3) is 6.41. The van der Waals surface area contributed by atoms with Crippen molar-refractivity contribution in [3.8, 4) is 0 Å². The van der Waals surface area contributed by atoms with E-state index in [1.165, 1.54) is 0 Å². The van der Waals surface area contributed by atoms with Gasteiger partial charge in [0.05, 0.1) is 6.10 Å². The Morgan fingerprint density at radius 3 is 1.66 bits per heavy atom. The topological polar surface area (TPSA) is 29.5 Å². The molecule has 0 amide bonds. The predicted molar refractivity (Wildman–Crippen MR) is 134 cm³/mol. The second kappa shape index (κ2) is 12.4. The second-order valence-electron chi connectivity index (χ2n) is 8.75. The number of aliphatic hydroxyl groups is 1. The van der Waals surface area contributed by atoms with Crippen LogP contribution in [0.25, 0.3) is 0 Å². The molecule has 0 bridgehead atoms. The van der Waals surface area contributed by atoms with E-state index in [2.05, 4.69) is 92.7 Å². The molecule has 0 aromatic heterocycles. The van der Waals surface area contributed by atoms with Crippen LogP contribution in [-0.2, 0) is 10.3 Å². The van der Waals surface area contributed by atoms with E-state index in [1.807, 2.05) is 24.3 Å². The van der Waals surface area contributed by atoms with Crippen LogP contribution in [0.4, 0.5) is 0 Å². The molecule has 32 heavy (non-hydrogen) atoms. The molecule has 0 aliphatic heterocycles. The fraction of sp³-hybridized carbons (Fsp3) is 0.333. The van der Waals surface area contributed by atoms with Gasteiger partial charge in [0.15, 0.2) is 0 Å². The molecule has 168 valence electrons. The van der Waals surface area contributed by atoms with Crippen LogP contribution in [-0.4, -0.2) is 17.8 Å². The molecule has 1 N–H and O–H groups in total. The van der Waals surface area contributed by atoms with E-state index >= 15 is 0 Å². The van der Waals surface area contributed by atoms with Crippen molar-refractivity contribution in [1.29, 1.82) is 0 Å². The summed E-state index contributed by atoms with van der Waals surface area (Å²) in [6.45, 7) is 4.92. The largest absolute Gasteiger partial charge is 0.389 e. The molecule has 3 aromatic carbocycles. The Morgan fingerprint density at radius 1 is 0.750 bits per heavy atom. The normalized spacial score (nSPS) is 13.0. The summed E-state index contributed by atoms with van der Waals surface area (Å²) in [6.07, 6.45) is 7.45. The smallest absolute Gasteiger partial charge is 0.143 e. The number of allylic oxidation sites excluding steroid dienone is 1. The van der Waals surface area contributed by atoms with Gasteiger partial charge in [0.1, 0.15) is 5.60 Å². The standard InChI is InChI=1S/C30H36O2/c1-25(2)24-29(31)22-14-3-4-15-23-32-30(26-16-8-5-9-17-26,27-18-10-6-11-19-27)28-20-12-7-13-21-28/h5-14,16-22,25,29,31H,3-4,15,23-24H2,1-2H3/b22-14+/t29-/m0/s1. The van der Waals surface area contributed by atoms with Gasteiger partial charge in [-0.25, -0.2) is 0 Å². The molecule has 0 spiro atoms. The van der Waals surface area contributed by atoms with Crippen molar-refractivity contribution < 1.29 is 9.84 Å². The summed E-state index contributed by atoms with van der Waals surface area (Å²) in [5, 5.41) is 10.00. The average Bonchev–Trinajstić information content (AvgIpc) is 2.82. The van der Waals surface area contributed by atoms with Crippen molar-refractivity contribution in [2.24, 2.45) is 5.92 Å². The van der Waals surface area contributed by atoms with Crippen molar-refractivity contribution in [2.45, 2.75) is 51.2 Å². The van der Waals surface area contributed by atoms with E-state index in [9.17, 15) is 5.11 Å². The minimum atomic E-state index is -0.646. The summed E-state index contributed by atoms with van der Waals surface area (Å²) in [5.74, 6) is 0.505. The summed E-state index contributed by atoms with van der Waals surface area (Å²) in [5.41, 5.74) is 2.75. The monoisotopic (exact) mass is 428 g/mol. The third-order valence-electron chi connectivity index (χ3n) is 5.70. The van der Waals surface area contributed by atoms with Gasteiger partial charge in [-0.15, -0.1) is 0 Å². The first-order valence-electron chi connectivity index (χ1n) is 11.8. The SMILES string of the molecule is CC(C)C[C@@H](O)/C=C/CCCCOC(c1ccccc1)(c1ccccc1)c1ccccc1. The quantitative estimate of drug-likeness (QED) is 0.189. The van der Waals surface area contributed by atoms with E-state index in [0.29, 0.717) is 12.5 Å². The zero-order valence-corrected chi connectivity index (χ0v) is 19.4. The van der Waals surface area contributed by atoms with Gasteiger partial charge in [-0.05, 0) is 48.3 Å². The van der Waals surface area contributed by atoms with Crippen LogP contribution < -0.4 is 0 Å². The number of unbranched alkanes of at least 4 members (excludes halogenated alkanes) is 2. The van der Waals surface area contributed by atoms with Crippen molar-refractivity contribution in [3.63, 3.8) is 0 Å². The first-order chi connectivity index (χ1) is 15.6. The molecular weight excluding hydrogens is 392 g/mol. The summed E-state index contributed by atoms with van der Waals surface area (Å²) in [4.78, 5) is 0. The Bertz CT molecular complexity index is 820. The molecule has 0 saturated carbocycles. The Labute approximate surface area is 193 Å². The highest BCUT2D eigenvalue weighted by Crippen LogP contribution is 2.40. The molecule has 0 aliphatic rings. The zero-order chi connectivity index (χ0) is 22.7. The Balaban J connectivity index is 1.75. The lowest BCUT2D eigenvalue weighted by atomic mass is 9.80. The van der Waals surface area contributed by atoms with Crippen LogP contribution in [0, 0.1) is 5.92 Å². The third-order valence-corrected chi connectivity index (χ3v) is 5.70. The average molecular weight is 429 g/mol. The first kappa shape index (κ1) is 24.0. The van der Waals surface area contributed by atoms with Gasteiger partial charge in [0.25, 0.3) is 0 Å². The van der Waals surface area contributed by atoms with Crippen molar-refractivity contribution in [3.05, 3.63) is 120 Å². The van der Waals surface area contributed by atoms with Crippen LogP contribution in [0.5, 0.6) is 0 Å². The van der Waals surface area contributed by atoms with Crippen LogP contribution >= 0.6 is 0 Å². The molecular formula is C30H36O2. The Kier molecular flexibility index (Phi) is 9.27. The highest BCUT2D eigenvalue weighted by atomic mass is 16.5. The fourth-order valence-corrected chi connectivity index (χ4v) is 4.17. The highest BCUT2D eigenvalue weighted by Gasteiger charge is 2.37. The summed E-state index contributed by atoms with van der Waals surface area (Å²) >= 11 is 0. The lowest BCUT2D eigenvalue weighted by Crippen LogP contribution is -2.33. The zero-order valence-electron chi connectivity index (χ0n) is 19.4. The number of ether oxygens (including phenoxy) is 1. The van der Waals surface area contributed by atoms with E-state index < -0.39 is 5.60 Å². The molecule has 0 saturated heterocycles. The minimum absolute atomic E-state index is 0.340. The Morgan fingerprint density at radius 2 is 1.22 bits per heavy atom. The molecule has 3 aromatic rings. The molecule has 0 heterocycles. The van der Waals surface area contributed by atoms with Crippen molar-refractivity contribution in [1.82, 2.24) is 0 Å². The van der Waals surface area contributed by atoms with Gasteiger partial charge >= 0.3 is 0 Å². The van der Waals surface area contributed by atoms with E-state index in [1.54, 1.807) is 0 Å². The summed E-state index contributed by atoms with van der Waals surface area (Å²) < 4.78 is 6.79. The van der Waals surface area contributed by atoms with Crippen LogP contribution in [0.3, 0.4) is 0 Å². The maximum absolute atomic E-state index is 10.00. The molecule has 1 atom stereocenters. The van der Waals surface area contributed by atoms with Gasteiger partial charge in [-0.2, -0.15) is 0 Å². The van der Waals surface area contributed by atoms with Gasteiger partial charge in [-0.3, -0.25) is 0 Å². The van der Waals surface area contributed by atoms with Crippen LogP contribution in [0.1, 0.15) is 56.2 Å². The number of hydrogen-bond donors (Lipinski definition) is 1. The maximum atomic E-state index is 10.00. The second-order valence-corrected chi connectivity index (χ2v) is 8.75. The van der Waals surface area contributed by atoms with E-state index in [4.69, 9.17) is 4.74 Å². The molecule has 2 nitrogen and oxygen atoms in total. The number of benzene rings is 3. The molecule has 0 fully saturated rings. The molecule has 2 heteroatoms.